The number of carbonyl (C=O) groups is 1. The van der Waals surface area contributed by atoms with Crippen LogP contribution in [0, 0.1) is 0 Å². The van der Waals surface area contributed by atoms with Gasteiger partial charge in [-0.1, -0.05) is 12.8 Å². The summed E-state index contributed by atoms with van der Waals surface area (Å²) in [5.41, 5.74) is 0. The Hall–Kier alpha value is -0.610. The topological polar surface area (TPSA) is 43.8 Å². The van der Waals surface area contributed by atoms with E-state index in [4.69, 9.17) is 0 Å². The number of likely N-dealkylation sites (tertiary alicyclic amines) is 1. The molecule has 0 bridgehead atoms. The van der Waals surface area contributed by atoms with Gasteiger partial charge in [-0.15, -0.1) is 0 Å². The molecule has 20 heavy (non-hydrogen) atoms. The Balaban J connectivity index is 2.78. The molecule has 3 unspecified atom stereocenters. The van der Waals surface area contributed by atoms with Gasteiger partial charge >= 0.3 is 0 Å². The number of aliphatic hydroxyl groups excluding tert-OH is 1. The van der Waals surface area contributed by atoms with E-state index in [1.54, 1.807) is 0 Å². The van der Waals surface area contributed by atoms with Crippen molar-refractivity contribution >= 4 is 5.91 Å². The van der Waals surface area contributed by atoms with E-state index in [1.165, 1.54) is 12.8 Å². The molecule has 0 aliphatic carbocycles. The average molecular weight is 284 g/mol. The Morgan fingerprint density at radius 1 is 1.25 bits per heavy atom. The SMILES string of the molecule is CCN(CC)C(=O)C(C)N1CCCCCC1CC(C)O. The Morgan fingerprint density at radius 3 is 2.45 bits per heavy atom. The van der Waals surface area contributed by atoms with E-state index in [2.05, 4.69) is 4.90 Å². The number of aliphatic hydroxyl groups is 1. The van der Waals surface area contributed by atoms with E-state index in [1.807, 2.05) is 32.6 Å². The molecule has 4 heteroatoms. The van der Waals surface area contributed by atoms with E-state index in [0.717, 1.165) is 38.9 Å². The third-order valence-electron chi connectivity index (χ3n) is 4.47. The lowest BCUT2D eigenvalue weighted by molar-refractivity contribution is -0.137. The molecule has 0 aromatic heterocycles. The van der Waals surface area contributed by atoms with Gasteiger partial charge in [-0.3, -0.25) is 9.69 Å². The highest BCUT2D eigenvalue weighted by atomic mass is 16.3. The zero-order valence-corrected chi connectivity index (χ0v) is 13.6. The number of rotatable bonds is 6. The van der Waals surface area contributed by atoms with Crippen LogP contribution in [0.5, 0.6) is 0 Å². The summed E-state index contributed by atoms with van der Waals surface area (Å²) in [5, 5.41) is 9.71. The summed E-state index contributed by atoms with van der Waals surface area (Å²) in [6.07, 6.45) is 5.18. The van der Waals surface area contributed by atoms with Crippen LogP contribution in [0.4, 0.5) is 0 Å². The molecule has 0 spiro atoms. The van der Waals surface area contributed by atoms with Crippen molar-refractivity contribution in [2.24, 2.45) is 0 Å². The summed E-state index contributed by atoms with van der Waals surface area (Å²) in [5.74, 6) is 0.229. The van der Waals surface area contributed by atoms with Gasteiger partial charge in [0, 0.05) is 19.1 Å². The highest BCUT2D eigenvalue weighted by molar-refractivity contribution is 5.81. The number of carbonyl (C=O) groups excluding carboxylic acids is 1. The molecular weight excluding hydrogens is 252 g/mol. The van der Waals surface area contributed by atoms with Crippen LogP contribution < -0.4 is 0 Å². The second-order valence-corrected chi connectivity index (χ2v) is 6.01. The Bertz CT molecular complexity index is 290. The van der Waals surface area contributed by atoms with E-state index in [0.29, 0.717) is 6.04 Å². The lowest BCUT2D eigenvalue weighted by Gasteiger charge is -2.37. The molecule has 1 N–H and O–H groups in total. The molecule has 0 aromatic rings. The monoisotopic (exact) mass is 284 g/mol. The van der Waals surface area contributed by atoms with Crippen molar-refractivity contribution < 1.29 is 9.90 Å². The van der Waals surface area contributed by atoms with Crippen LogP contribution in [-0.4, -0.2) is 58.6 Å². The van der Waals surface area contributed by atoms with Gasteiger partial charge in [-0.2, -0.15) is 0 Å². The molecule has 0 radical (unpaired) electrons. The quantitative estimate of drug-likeness (QED) is 0.813. The Kier molecular flexibility index (Phi) is 7.52. The molecule has 3 atom stereocenters. The molecular formula is C16H32N2O2. The predicted molar refractivity (Wildman–Crippen MR) is 82.6 cm³/mol. The molecule has 1 heterocycles. The summed E-state index contributed by atoms with van der Waals surface area (Å²) in [4.78, 5) is 16.8. The molecule has 4 nitrogen and oxygen atoms in total. The van der Waals surface area contributed by atoms with Crippen LogP contribution in [0.25, 0.3) is 0 Å². The van der Waals surface area contributed by atoms with E-state index >= 15 is 0 Å². The van der Waals surface area contributed by atoms with Crippen molar-refractivity contribution in [3.63, 3.8) is 0 Å². The molecule has 0 saturated carbocycles. The predicted octanol–water partition coefficient (Wildman–Crippen LogP) is 2.26. The Labute approximate surface area is 124 Å². The maximum atomic E-state index is 12.6. The molecule has 1 rings (SSSR count). The van der Waals surface area contributed by atoms with Crippen LogP contribution in [0.1, 0.15) is 59.8 Å². The average Bonchev–Trinajstić information content (AvgIpc) is 2.64. The van der Waals surface area contributed by atoms with E-state index < -0.39 is 0 Å². The molecule has 1 aliphatic rings. The zero-order valence-electron chi connectivity index (χ0n) is 13.6. The Morgan fingerprint density at radius 2 is 1.90 bits per heavy atom. The fraction of sp³-hybridized carbons (Fsp3) is 0.938. The normalized spacial score (nSPS) is 23.9. The second-order valence-electron chi connectivity index (χ2n) is 6.01. The maximum Gasteiger partial charge on any atom is 0.239 e. The first-order valence-corrected chi connectivity index (χ1v) is 8.23. The van der Waals surface area contributed by atoms with Crippen LogP contribution >= 0.6 is 0 Å². The van der Waals surface area contributed by atoms with E-state index in [-0.39, 0.29) is 18.1 Å². The second kappa shape index (κ2) is 8.63. The first kappa shape index (κ1) is 17.4. The van der Waals surface area contributed by atoms with Gasteiger partial charge in [0.2, 0.25) is 5.91 Å². The van der Waals surface area contributed by atoms with Crippen molar-refractivity contribution in [1.29, 1.82) is 0 Å². The molecule has 1 fully saturated rings. The van der Waals surface area contributed by atoms with Crippen molar-refractivity contribution in [3.8, 4) is 0 Å². The van der Waals surface area contributed by atoms with Crippen LogP contribution in [0.15, 0.2) is 0 Å². The third-order valence-corrected chi connectivity index (χ3v) is 4.47. The standard InChI is InChI=1S/C16H32N2O2/c1-5-17(6-2)16(20)14(4)18-11-9-7-8-10-15(18)12-13(3)19/h13-15,19H,5-12H2,1-4H3. The van der Waals surface area contributed by atoms with Gasteiger partial charge in [0.25, 0.3) is 0 Å². The smallest absolute Gasteiger partial charge is 0.239 e. The summed E-state index contributed by atoms with van der Waals surface area (Å²) >= 11 is 0. The zero-order chi connectivity index (χ0) is 15.1. The third kappa shape index (κ3) is 4.74. The number of nitrogens with zero attached hydrogens (tertiary/aromatic N) is 2. The number of amides is 1. The fourth-order valence-corrected chi connectivity index (χ4v) is 3.30. The minimum absolute atomic E-state index is 0.0725. The van der Waals surface area contributed by atoms with Crippen LogP contribution in [0.3, 0.4) is 0 Å². The largest absolute Gasteiger partial charge is 0.393 e. The fourth-order valence-electron chi connectivity index (χ4n) is 3.30. The molecule has 1 amide bonds. The van der Waals surface area contributed by atoms with Gasteiger partial charge in [0.15, 0.2) is 0 Å². The molecule has 0 aromatic carbocycles. The van der Waals surface area contributed by atoms with Crippen molar-refractivity contribution in [1.82, 2.24) is 9.80 Å². The minimum Gasteiger partial charge on any atom is -0.393 e. The van der Waals surface area contributed by atoms with Crippen LogP contribution in [-0.2, 0) is 4.79 Å². The summed E-state index contributed by atoms with van der Waals surface area (Å²) in [6.45, 7) is 10.5. The highest BCUT2D eigenvalue weighted by Crippen LogP contribution is 2.23. The molecule has 1 saturated heterocycles. The van der Waals surface area contributed by atoms with Gasteiger partial charge in [0.05, 0.1) is 12.1 Å². The highest BCUT2D eigenvalue weighted by Gasteiger charge is 2.31. The van der Waals surface area contributed by atoms with Crippen molar-refractivity contribution in [2.75, 3.05) is 19.6 Å². The summed E-state index contributed by atoms with van der Waals surface area (Å²) in [6, 6.07) is 0.267. The lowest BCUT2D eigenvalue weighted by atomic mass is 10.0. The van der Waals surface area contributed by atoms with Crippen molar-refractivity contribution in [2.45, 2.75) is 78.0 Å². The minimum atomic E-state index is -0.295. The number of likely N-dealkylation sites (N-methyl/N-ethyl adjacent to an activating group) is 1. The molecule has 1 aliphatic heterocycles. The first-order valence-electron chi connectivity index (χ1n) is 8.23. The van der Waals surface area contributed by atoms with Gasteiger partial charge in [-0.05, 0) is 53.5 Å². The number of hydrogen-bond donors (Lipinski definition) is 1. The number of hydrogen-bond acceptors (Lipinski definition) is 3. The summed E-state index contributed by atoms with van der Waals surface area (Å²) in [7, 11) is 0. The van der Waals surface area contributed by atoms with Gasteiger partial charge in [-0.25, -0.2) is 0 Å². The van der Waals surface area contributed by atoms with Gasteiger partial charge < -0.3 is 10.0 Å². The van der Waals surface area contributed by atoms with Crippen LogP contribution in [0.2, 0.25) is 0 Å². The first-order chi connectivity index (χ1) is 9.51. The van der Waals surface area contributed by atoms with Gasteiger partial charge in [0.1, 0.15) is 0 Å². The summed E-state index contributed by atoms with van der Waals surface area (Å²) < 4.78 is 0. The van der Waals surface area contributed by atoms with Crippen molar-refractivity contribution in [3.05, 3.63) is 0 Å². The lowest BCUT2D eigenvalue weighted by Crippen LogP contribution is -2.51. The molecule has 118 valence electrons. The van der Waals surface area contributed by atoms with E-state index in [9.17, 15) is 9.90 Å². The maximum absolute atomic E-state index is 12.6.